The highest BCUT2D eigenvalue weighted by atomic mass is 15.3. The van der Waals surface area contributed by atoms with Gasteiger partial charge in [-0.15, -0.1) is 5.10 Å². The topological polar surface area (TPSA) is 54.5 Å². The lowest BCUT2D eigenvalue weighted by molar-refractivity contribution is 0.908. The highest BCUT2D eigenvalue weighted by molar-refractivity contribution is 5.10. The molecule has 0 aromatic carbocycles. The van der Waals surface area contributed by atoms with Crippen molar-refractivity contribution in [3.8, 4) is 0 Å². The third-order valence-corrected chi connectivity index (χ3v) is 1.56. The van der Waals surface area contributed by atoms with Crippen molar-refractivity contribution in [2.75, 3.05) is 0 Å². The van der Waals surface area contributed by atoms with Gasteiger partial charge in [-0.05, 0) is 12.1 Å². The summed E-state index contributed by atoms with van der Waals surface area (Å²) in [6.45, 7) is 0. The molecule has 0 aliphatic carbocycles. The van der Waals surface area contributed by atoms with Crippen molar-refractivity contribution in [3.63, 3.8) is 0 Å². The van der Waals surface area contributed by atoms with Gasteiger partial charge in [0.1, 0.15) is 0 Å². The molecule has 0 amide bonds. The van der Waals surface area contributed by atoms with Crippen LogP contribution in [0.3, 0.4) is 0 Å². The van der Waals surface area contributed by atoms with E-state index in [0.29, 0.717) is 0 Å². The van der Waals surface area contributed by atoms with Crippen molar-refractivity contribution in [1.29, 1.82) is 0 Å². The number of pyridine rings is 1. The van der Waals surface area contributed by atoms with Crippen molar-refractivity contribution in [2.24, 2.45) is 0 Å². The highest BCUT2D eigenvalue weighted by Gasteiger charge is 1.97. The molecule has 4 heteroatoms. The number of H-pyrrole nitrogens is 1. The normalized spacial score (nSPS) is 10.0. The van der Waals surface area contributed by atoms with Crippen LogP contribution < -0.4 is 0 Å². The summed E-state index contributed by atoms with van der Waals surface area (Å²) in [5, 5.41) is 10.1. The first kappa shape index (κ1) is 6.97. The van der Waals surface area contributed by atoms with Crippen LogP contribution in [0.1, 0.15) is 11.4 Å². The molecule has 2 heterocycles. The van der Waals surface area contributed by atoms with Crippen LogP contribution in [-0.4, -0.2) is 20.4 Å². The van der Waals surface area contributed by atoms with Crippen LogP contribution in [0.2, 0.25) is 0 Å². The molecule has 0 spiro atoms. The summed E-state index contributed by atoms with van der Waals surface area (Å²) in [7, 11) is 0. The van der Waals surface area contributed by atoms with E-state index in [1.165, 1.54) is 0 Å². The maximum atomic E-state index is 4.17. The Morgan fingerprint density at radius 3 is 2.92 bits per heavy atom. The second-order valence-corrected chi connectivity index (χ2v) is 2.46. The SMILES string of the molecule is c1ccc(Cc2c[nH]nn2)nc1. The summed E-state index contributed by atoms with van der Waals surface area (Å²) in [5.41, 5.74) is 1.92. The molecule has 0 unspecified atom stereocenters. The molecule has 0 bridgehead atoms. The number of hydrogen-bond donors (Lipinski definition) is 1. The first-order chi connectivity index (χ1) is 5.95. The Hall–Kier alpha value is -1.71. The number of hydrogen-bond acceptors (Lipinski definition) is 3. The highest BCUT2D eigenvalue weighted by Crippen LogP contribution is 2.00. The minimum atomic E-state index is 0.733. The van der Waals surface area contributed by atoms with Crippen LogP contribution in [0.4, 0.5) is 0 Å². The Morgan fingerprint density at radius 2 is 2.25 bits per heavy atom. The van der Waals surface area contributed by atoms with Gasteiger partial charge in [0.25, 0.3) is 0 Å². The molecule has 2 rings (SSSR count). The fourth-order valence-corrected chi connectivity index (χ4v) is 1.000. The third kappa shape index (κ3) is 1.47. The van der Waals surface area contributed by atoms with Gasteiger partial charge in [0, 0.05) is 24.5 Å². The molecule has 1 N–H and O–H groups in total. The predicted octanol–water partition coefficient (Wildman–Crippen LogP) is 0.790. The fraction of sp³-hybridized carbons (Fsp3) is 0.125. The molecule has 4 nitrogen and oxygen atoms in total. The Labute approximate surface area is 69.7 Å². The fourth-order valence-electron chi connectivity index (χ4n) is 1.000. The molecule has 0 saturated carbocycles. The zero-order valence-electron chi connectivity index (χ0n) is 6.44. The van der Waals surface area contributed by atoms with E-state index < -0.39 is 0 Å². The van der Waals surface area contributed by atoms with Gasteiger partial charge in [0.2, 0.25) is 0 Å². The van der Waals surface area contributed by atoms with Crippen LogP contribution in [0.5, 0.6) is 0 Å². The number of nitrogens with zero attached hydrogens (tertiary/aromatic N) is 3. The zero-order valence-corrected chi connectivity index (χ0v) is 6.44. The summed E-state index contributed by atoms with van der Waals surface area (Å²) in [6.07, 6.45) is 4.28. The average molecular weight is 160 g/mol. The lowest BCUT2D eigenvalue weighted by Crippen LogP contribution is -1.90. The quantitative estimate of drug-likeness (QED) is 0.706. The first-order valence-electron chi connectivity index (χ1n) is 3.70. The van der Waals surface area contributed by atoms with Gasteiger partial charge >= 0.3 is 0 Å². The molecule has 0 aliphatic heterocycles. The molecule has 0 saturated heterocycles. The lowest BCUT2D eigenvalue weighted by Gasteiger charge is -1.93. The molecule has 12 heavy (non-hydrogen) atoms. The third-order valence-electron chi connectivity index (χ3n) is 1.56. The number of rotatable bonds is 2. The van der Waals surface area contributed by atoms with Gasteiger partial charge in [0.15, 0.2) is 0 Å². The van der Waals surface area contributed by atoms with Crippen LogP contribution in [0, 0.1) is 0 Å². The van der Waals surface area contributed by atoms with Crippen molar-refractivity contribution >= 4 is 0 Å². The van der Waals surface area contributed by atoms with Gasteiger partial charge in [-0.2, -0.15) is 0 Å². The van der Waals surface area contributed by atoms with E-state index in [1.807, 2.05) is 18.2 Å². The van der Waals surface area contributed by atoms with Crippen LogP contribution in [0.15, 0.2) is 30.6 Å². The van der Waals surface area contributed by atoms with Crippen LogP contribution >= 0.6 is 0 Å². The van der Waals surface area contributed by atoms with Crippen molar-refractivity contribution in [2.45, 2.75) is 6.42 Å². The number of nitrogens with one attached hydrogen (secondary N) is 1. The summed E-state index contributed by atoms with van der Waals surface area (Å²) in [5.74, 6) is 0. The molecule has 2 aromatic heterocycles. The molecule has 60 valence electrons. The van der Waals surface area contributed by atoms with E-state index in [-0.39, 0.29) is 0 Å². The maximum absolute atomic E-state index is 4.17. The monoisotopic (exact) mass is 160 g/mol. The van der Waals surface area contributed by atoms with E-state index in [1.54, 1.807) is 12.4 Å². The Bertz CT molecular complexity index is 327. The smallest absolute Gasteiger partial charge is 0.0883 e. The summed E-state index contributed by atoms with van der Waals surface area (Å²) >= 11 is 0. The minimum Gasteiger partial charge on any atom is -0.265 e. The van der Waals surface area contributed by atoms with Gasteiger partial charge in [-0.1, -0.05) is 11.3 Å². The molecule has 0 aliphatic rings. The molecular formula is C8H8N4. The van der Waals surface area contributed by atoms with E-state index in [9.17, 15) is 0 Å². The number of aromatic nitrogens is 4. The predicted molar refractivity (Wildman–Crippen MR) is 43.4 cm³/mol. The second kappa shape index (κ2) is 3.13. The number of aromatic amines is 1. The Morgan fingerprint density at radius 1 is 1.25 bits per heavy atom. The van der Waals surface area contributed by atoms with E-state index >= 15 is 0 Å². The van der Waals surface area contributed by atoms with Gasteiger partial charge in [-0.3, -0.25) is 10.1 Å². The Kier molecular flexibility index (Phi) is 1.82. The summed E-state index contributed by atoms with van der Waals surface area (Å²) in [6, 6.07) is 5.82. The Balaban J connectivity index is 2.15. The van der Waals surface area contributed by atoms with Gasteiger partial charge in [-0.25, -0.2) is 0 Å². The van der Waals surface area contributed by atoms with Crippen molar-refractivity contribution in [1.82, 2.24) is 20.4 Å². The summed E-state index contributed by atoms with van der Waals surface area (Å²) < 4.78 is 0. The summed E-state index contributed by atoms with van der Waals surface area (Å²) in [4.78, 5) is 4.17. The lowest BCUT2D eigenvalue weighted by atomic mass is 10.2. The second-order valence-electron chi connectivity index (χ2n) is 2.46. The molecule has 0 fully saturated rings. The largest absolute Gasteiger partial charge is 0.265 e. The van der Waals surface area contributed by atoms with E-state index in [0.717, 1.165) is 17.8 Å². The first-order valence-corrected chi connectivity index (χ1v) is 3.70. The maximum Gasteiger partial charge on any atom is 0.0883 e. The van der Waals surface area contributed by atoms with Crippen molar-refractivity contribution in [3.05, 3.63) is 42.0 Å². The molecular weight excluding hydrogens is 152 g/mol. The molecule has 2 aromatic rings. The zero-order chi connectivity index (χ0) is 8.23. The van der Waals surface area contributed by atoms with E-state index in [2.05, 4.69) is 20.4 Å². The van der Waals surface area contributed by atoms with Gasteiger partial charge in [0.05, 0.1) is 5.69 Å². The molecule has 0 atom stereocenters. The van der Waals surface area contributed by atoms with Crippen molar-refractivity contribution < 1.29 is 0 Å². The van der Waals surface area contributed by atoms with Gasteiger partial charge < -0.3 is 0 Å². The standard InChI is InChI=1S/C8H8N4/c1-2-4-9-7(3-1)5-8-6-10-12-11-8/h1-4,6H,5H2,(H,10,11,12). The molecule has 0 radical (unpaired) electrons. The average Bonchev–Trinajstić information content (AvgIpc) is 2.59. The van der Waals surface area contributed by atoms with Crippen LogP contribution in [0.25, 0.3) is 0 Å². The van der Waals surface area contributed by atoms with Crippen LogP contribution in [-0.2, 0) is 6.42 Å². The minimum absolute atomic E-state index is 0.733. The van der Waals surface area contributed by atoms with E-state index in [4.69, 9.17) is 0 Å².